The average Bonchev–Trinajstić information content (AvgIpc) is 2.35. The van der Waals surface area contributed by atoms with E-state index in [1.54, 1.807) is 0 Å². The standard InChI is InChI=1S/C11H18N4O2/c1-3-15(4-2)8-7-13-11-12-6-5-9(14-11)10(16)17/h5-6H,3-4,7-8H2,1-2H3,(H,16,17)(H,12,13,14). The van der Waals surface area contributed by atoms with E-state index < -0.39 is 5.97 Å². The molecule has 0 aliphatic rings. The van der Waals surface area contributed by atoms with Crippen molar-refractivity contribution in [3.8, 4) is 0 Å². The number of carboxylic acids is 1. The maximum Gasteiger partial charge on any atom is 0.354 e. The van der Waals surface area contributed by atoms with Gasteiger partial charge >= 0.3 is 5.97 Å². The molecule has 0 aromatic carbocycles. The number of nitrogens with one attached hydrogen (secondary N) is 1. The summed E-state index contributed by atoms with van der Waals surface area (Å²) >= 11 is 0. The summed E-state index contributed by atoms with van der Waals surface area (Å²) < 4.78 is 0. The third kappa shape index (κ3) is 4.36. The first kappa shape index (κ1) is 13.4. The fourth-order valence-corrected chi connectivity index (χ4v) is 1.43. The molecule has 0 radical (unpaired) electrons. The second-order valence-electron chi connectivity index (χ2n) is 3.52. The number of carbonyl (C=O) groups is 1. The zero-order chi connectivity index (χ0) is 12.7. The molecular formula is C11H18N4O2. The van der Waals surface area contributed by atoms with Gasteiger partial charge in [0.05, 0.1) is 0 Å². The van der Waals surface area contributed by atoms with Crippen LogP contribution in [0.1, 0.15) is 24.3 Å². The number of aromatic nitrogens is 2. The van der Waals surface area contributed by atoms with Crippen molar-refractivity contribution >= 4 is 11.9 Å². The van der Waals surface area contributed by atoms with E-state index in [1.165, 1.54) is 12.3 Å². The van der Waals surface area contributed by atoms with Gasteiger partial charge in [-0.25, -0.2) is 14.8 Å². The highest BCUT2D eigenvalue weighted by Crippen LogP contribution is 2.00. The Bertz CT molecular complexity index is 366. The predicted octanol–water partition coefficient (Wildman–Crippen LogP) is 0.928. The summed E-state index contributed by atoms with van der Waals surface area (Å²) in [5.41, 5.74) is 0.00494. The summed E-state index contributed by atoms with van der Waals surface area (Å²) in [4.78, 5) is 20.8. The molecule has 2 N–H and O–H groups in total. The summed E-state index contributed by atoms with van der Waals surface area (Å²) in [6.45, 7) is 7.77. The van der Waals surface area contributed by atoms with Gasteiger partial charge in [0.1, 0.15) is 0 Å². The van der Waals surface area contributed by atoms with E-state index in [0.29, 0.717) is 12.5 Å². The van der Waals surface area contributed by atoms with E-state index in [4.69, 9.17) is 5.11 Å². The van der Waals surface area contributed by atoms with E-state index in [9.17, 15) is 4.79 Å². The number of carboxylic acid groups (broad SMARTS) is 1. The molecule has 94 valence electrons. The first-order valence-corrected chi connectivity index (χ1v) is 5.70. The molecule has 1 aromatic rings. The van der Waals surface area contributed by atoms with Gasteiger partial charge in [-0.05, 0) is 19.2 Å². The van der Waals surface area contributed by atoms with Crippen molar-refractivity contribution in [2.24, 2.45) is 0 Å². The summed E-state index contributed by atoms with van der Waals surface area (Å²) in [5.74, 6) is -0.684. The molecule has 0 amide bonds. The van der Waals surface area contributed by atoms with E-state index in [2.05, 4.69) is 34.0 Å². The molecule has 1 heterocycles. The van der Waals surface area contributed by atoms with Gasteiger partial charge < -0.3 is 15.3 Å². The zero-order valence-corrected chi connectivity index (χ0v) is 10.2. The van der Waals surface area contributed by atoms with Crippen LogP contribution in [0, 0.1) is 0 Å². The number of nitrogens with zero attached hydrogens (tertiary/aromatic N) is 3. The van der Waals surface area contributed by atoms with Crippen molar-refractivity contribution in [3.05, 3.63) is 18.0 Å². The van der Waals surface area contributed by atoms with Gasteiger partial charge in [-0.1, -0.05) is 13.8 Å². The Balaban J connectivity index is 2.46. The van der Waals surface area contributed by atoms with Crippen molar-refractivity contribution in [1.29, 1.82) is 0 Å². The van der Waals surface area contributed by atoms with Crippen LogP contribution in [0.25, 0.3) is 0 Å². The number of hydrogen-bond donors (Lipinski definition) is 2. The highest BCUT2D eigenvalue weighted by atomic mass is 16.4. The minimum absolute atomic E-state index is 0.00494. The molecule has 6 heteroatoms. The Kier molecular flexibility index (Phi) is 5.35. The van der Waals surface area contributed by atoms with Crippen LogP contribution < -0.4 is 5.32 Å². The third-order valence-corrected chi connectivity index (χ3v) is 2.48. The average molecular weight is 238 g/mol. The fraction of sp³-hybridized carbons (Fsp3) is 0.545. The SMILES string of the molecule is CCN(CC)CCNc1nccc(C(=O)O)n1. The second-order valence-corrected chi connectivity index (χ2v) is 3.52. The predicted molar refractivity (Wildman–Crippen MR) is 65.3 cm³/mol. The Morgan fingerprint density at radius 3 is 2.76 bits per heavy atom. The van der Waals surface area contributed by atoms with Gasteiger partial charge in [-0.15, -0.1) is 0 Å². The Labute approximate surface area is 101 Å². The van der Waals surface area contributed by atoms with Crippen molar-refractivity contribution in [1.82, 2.24) is 14.9 Å². The molecular weight excluding hydrogens is 220 g/mol. The quantitative estimate of drug-likeness (QED) is 0.735. The van der Waals surface area contributed by atoms with Crippen LogP contribution in [-0.4, -0.2) is 52.1 Å². The first-order chi connectivity index (χ1) is 8.17. The lowest BCUT2D eigenvalue weighted by molar-refractivity contribution is 0.0690. The van der Waals surface area contributed by atoms with E-state index in [1.807, 2.05) is 0 Å². The normalized spacial score (nSPS) is 10.5. The van der Waals surface area contributed by atoms with Crippen molar-refractivity contribution in [2.45, 2.75) is 13.8 Å². The summed E-state index contributed by atoms with van der Waals surface area (Å²) in [7, 11) is 0. The van der Waals surface area contributed by atoms with Crippen LogP contribution in [0.2, 0.25) is 0 Å². The van der Waals surface area contributed by atoms with E-state index in [0.717, 1.165) is 19.6 Å². The van der Waals surface area contributed by atoms with Crippen molar-refractivity contribution in [3.63, 3.8) is 0 Å². The maximum atomic E-state index is 10.7. The van der Waals surface area contributed by atoms with Gasteiger partial charge in [0, 0.05) is 19.3 Å². The van der Waals surface area contributed by atoms with E-state index >= 15 is 0 Å². The lowest BCUT2D eigenvalue weighted by Crippen LogP contribution is -2.29. The third-order valence-electron chi connectivity index (χ3n) is 2.48. The molecule has 6 nitrogen and oxygen atoms in total. The molecule has 0 aliphatic carbocycles. The number of aromatic carboxylic acids is 1. The summed E-state index contributed by atoms with van der Waals surface area (Å²) in [6.07, 6.45) is 1.44. The monoisotopic (exact) mass is 238 g/mol. The first-order valence-electron chi connectivity index (χ1n) is 5.70. The highest BCUT2D eigenvalue weighted by molar-refractivity contribution is 5.85. The lowest BCUT2D eigenvalue weighted by Gasteiger charge is -2.17. The lowest BCUT2D eigenvalue weighted by atomic mass is 10.4. The minimum Gasteiger partial charge on any atom is -0.477 e. The summed E-state index contributed by atoms with van der Waals surface area (Å²) in [6, 6.07) is 1.37. The fourth-order valence-electron chi connectivity index (χ4n) is 1.43. The molecule has 1 aromatic heterocycles. The Morgan fingerprint density at radius 1 is 1.47 bits per heavy atom. The number of anilines is 1. The smallest absolute Gasteiger partial charge is 0.354 e. The molecule has 0 saturated carbocycles. The molecule has 0 spiro atoms. The molecule has 0 aliphatic heterocycles. The summed E-state index contributed by atoms with van der Waals surface area (Å²) in [5, 5.41) is 11.8. The number of hydrogen-bond acceptors (Lipinski definition) is 5. The topological polar surface area (TPSA) is 78.4 Å². The molecule has 0 saturated heterocycles. The number of rotatable bonds is 7. The van der Waals surface area contributed by atoms with Gasteiger partial charge in [-0.3, -0.25) is 0 Å². The molecule has 0 atom stereocenters. The number of likely N-dealkylation sites (N-methyl/N-ethyl adjacent to an activating group) is 1. The zero-order valence-electron chi connectivity index (χ0n) is 10.2. The van der Waals surface area contributed by atoms with Crippen LogP contribution in [0.3, 0.4) is 0 Å². The second kappa shape index (κ2) is 6.80. The van der Waals surface area contributed by atoms with Crippen LogP contribution in [0.15, 0.2) is 12.3 Å². The van der Waals surface area contributed by atoms with Crippen LogP contribution in [0.4, 0.5) is 5.95 Å². The van der Waals surface area contributed by atoms with Gasteiger partial charge in [0.15, 0.2) is 5.69 Å². The van der Waals surface area contributed by atoms with E-state index in [-0.39, 0.29) is 5.69 Å². The maximum absolute atomic E-state index is 10.7. The minimum atomic E-state index is -1.04. The molecule has 0 unspecified atom stereocenters. The largest absolute Gasteiger partial charge is 0.477 e. The molecule has 0 bridgehead atoms. The van der Waals surface area contributed by atoms with Gasteiger partial charge in [0.25, 0.3) is 0 Å². The van der Waals surface area contributed by atoms with Crippen molar-refractivity contribution in [2.75, 3.05) is 31.5 Å². The molecule has 0 fully saturated rings. The Morgan fingerprint density at radius 2 is 2.18 bits per heavy atom. The molecule has 1 rings (SSSR count). The van der Waals surface area contributed by atoms with Gasteiger partial charge in [-0.2, -0.15) is 0 Å². The van der Waals surface area contributed by atoms with Crippen LogP contribution in [-0.2, 0) is 0 Å². The van der Waals surface area contributed by atoms with Gasteiger partial charge in [0.2, 0.25) is 5.95 Å². The van der Waals surface area contributed by atoms with Crippen LogP contribution >= 0.6 is 0 Å². The highest BCUT2D eigenvalue weighted by Gasteiger charge is 2.06. The molecule has 17 heavy (non-hydrogen) atoms. The van der Waals surface area contributed by atoms with Crippen molar-refractivity contribution < 1.29 is 9.90 Å². The Hall–Kier alpha value is -1.69. The van der Waals surface area contributed by atoms with Crippen LogP contribution in [0.5, 0.6) is 0 Å².